The summed E-state index contributed by atoms with van der Waals surface area (Å²) in [5.74, 6) is 0.446. The van der Waals surface area contributed by atoms with E-state index in [1.165, 1.54) is 0 Å². The second-order valence-electron chi connectivity index (χ2n) is 2.04. The Labute approximate surface area is 53.8 Å². The highest BCUT2D eigenvalue weighted by Crippen LogP contribution is 2.20. The molecule has 0 heterocycles. The van der Waals surface area contributed by atoms with Crippen LogP contribution in [0.2, 0.25) is 0 Å². The molecule has 2 heteroatoms. The quantitative estimate of drug-likeness (QED) is 0.410. The van der Waals surface area contributed by atoms with E-state index in [2.05, 4.69) is 6.58 Å². The van der Waals surface area contributed by atoms with Crippen molar-refractivity contribution in [2.45, 2.75) is 13.3 Å². The predicted molar refractivity (Wildman–Crippen MR) is 33.6 cm³/mol. The predicted octanol–water partition coefficient (Wildman–Crippen LogP) is 1.39. The van der Waals surface area contributed by atoms with Crippen LogP contribution in [0.3, 0.4) is 0 Å². The molecule has 0 bridgehead atoms. The van der Waals surface area contributed by atoms with Crippen molar-refractivity contribution in [3.8, 4) is 0 Å². The van der Waals surface area contributed by atoms with Gasteiger partial charge in [-0.3, -0.25) is 0 Å². The zero-order valence-corrected chi connectivity index (χ0v) is 5.31. The standard InChI is InChI=1S/C7H8O2/c1-5(2)7(8)9-6-3-4-6/h3H,1,4H2,2H3. The van der Waals surface area contributed by atoms with Crippen LogP contribution in [0.1, 0.15) is 13.3 Å². The van der Waals surface area contributed by atoms with Gasteiger partial charge in [0.05, 0.1) is 0 Å². The lowest BCUT2D eigenvalue weighted by molar-refractivity contribution is -0.134. The third-order valence-corrected chi connectivity index (χ3v) is 0.943. The van der Waals surface area contributed by atoms with Crippen molar-refractivity contribution >= 4 is 5.97 Å². The lowest BCUT2D eigenvalue weighted by atomic mass is 10.4. The van der Waals surface area contributed by atoms with Gasteiger partial charge >= 0.3 is 5.97 Å². The highest BCUT2D eigenvalue weighted by molar-refractivity contribution is 5.87. The van der Waals surface area contributed by atoms with Gasteiger partial charge in [0.1, 0.15) is 5.76 Å². The van der Waals surface area contributed by atoms with Crippen molar-refractivity contribution in [1.82, 2.24) is 0 Å². The molecule has 0 saturated carbocycles. The molecule has 0 atom stereocenters. The molecule has 0 fully saturated rings. The van der Waals surface area contributed by atoms with E-state index in [1.807, 2.05) is 6.08 Å². The van der Waals surface area contributed by atoms with Crippen LogP contribution in [0.5, 0.6) is 0 Å². The van der Waals surface area contributed by atoms with Crippen LogP contribution in [-0.2, 0) is 9.53 Å². The number of allylic oxidation sites excluding steroid dienone is 2. The average Bonchev–Trinajstić information content (AvgIpc) is 2.50. The fourth-order valence-corrected chi connectivity index (χ4v) is 0.331. The van der Waals surface area contributed by atoms with Crippen LogP contribution in [0.15, 0.2) is 24.0 Å². The van der Waals surface area contributed by atoms with Crippen molar-refractivity contribution < 1.29 is 9.53 Å². The first-order valence-electron chi connectivity index (χ1n) is 2.77. The zero-order chi connectivity index (χ0) is 6.85. The number of carbonyl (C=O) groups excluding carboxylic acids is 1. The third-order valence-electron chi connectivity index (χ3n) is 0.943. The first kappa shape index (κ1) is 6.08. The van der Waals surface area contributed by atoms with Gasteiger partial charge in [0.2, 0.25) is 0 Å². The van der Waals surface area contributed by atoms with Gasteiger partial charge in [-0.15, -0.1) is 0 Å². The highest BCUT2D eigenvalue weighted by atomic mass is 16.5. The molecule has 0 saturated heterocycles. The number of hydrogen-bond donors (Lipinski definition) is 0. The largest absolute Gasteiger partial charge is 0.428 e. The summed E-state index contributed by atoms with van der Waals surface area (Å²) in [6.07, 6.45) is 2.67. The van der Waals surface area contributed by atoms with E-state index >= 15 is 0 Å². The van der Waals surface area contributed by atoms with Gasteiger partial charge in [0.15, 0.2) is 0 Å². The Morgan fingerprint density at radius 1 is 1.89 bits per heavy atom. The maximum absolute atomic E-state index is 10.6. The Morgan fingerprint density at radius 3 is 2.78 bits per heavy atom. The molecule has 1 aliphatic rings. The van der Waals surface area contributed by atoms with Crippen LogP contribution in [0, 0.1) is 0 Å². The number of ether oxygens (including phenoxy) is 1. The number of carbonyl (C=O) groups is 1. The molecule has 1 rings (SSSR count). The summed E-state index contributed by atoms with van der Waals surface area (Å²) in [7, 11) is 0. The maximum atomic E-state index is 10.6. The molecular formula is C7H8O2. The highest BCUT2D eigenvalue weighted by Gasteiger charge is 2.13. The van der Waals surface area contributed by atoms with Crippen LogP contribution in [-0.4, -0.2) is 5.97 Å². The topological polar surface area (TPSA) is 26.3 Å². The summed E-state index contributed by atoms with van der Waals surface area (Å²) >= 11 is 0. The minimum atomic E-state index is -0.321. The molecule has 0 aliphatic heterocycles. The van der Waals surface area contributed by atoms with E-state index in [0.29, 0.717) is 5.57 Å². The van der Waals surface area contributed by atoms with E-state index in [4.69, 9.17) is 4.74 Å². The molecule has 9 heavy (non-hydrogen) atoms. The van der Waals surface area contributed by atoms with Gasteiger partial charge in [-0.2, -0.15) is 0 Å². The van der Waals surface area contributed by atoms with Crippen molar-refractivity contribution in [2.24, 2.45) is 0 Å². The van der Waals surface area contributed by atoms with Gasteiger partial charge in [-0.25, -0.2) is 4.79 Å². The molecule has 0 aromatic carbocycles. The van der Waals surface area contributed by atoms with E-state index in [0.717, 1.165) is 12.2 Å². The van der Waals surface area contributed by atoms with Crippen molar-refractivity contribution in [1.29, 1.82) is 0 Å². The first-order valence-corrected chi connectivity index (χ1v) is 2.77. The minimum Gasteiger partial charge on any atom is -0.428 e. The molecule has 0 amide bonds. The Balaban J connectivity index is 2.34. The summed E-state index contributed by atoms with van der Waals surface area (Å²) in [6.45, 7) is 5.06. The van der Waals surface area contributed by atoms with Crippen LogP contribution in [0.4, 0.5) is 0 Å². The molecule has 2 nitrogen and oxygen atoms in total. The van der Waals surface area contributed by atoms with E-state index in [1.54, 1.807) is 6.92 Å². The Morgan fingerprint density at radius 2 is 2.44 bits per heavy atom. The van der Waals surface area contributed by atoms with Crippen LogP contribution in [0.25, 0.3) is 0 Å². The van der Waals surface area contributed by atoms with Crippen LogP contribution < -0.4 is 0 Å². The summed E-state index contributed by atoms with van der Waals surface area (Å²) in [5.41, 5.74) is 0.447. The lowest BCUT2D eigenvalue weighted by Crippen LogP contribution is -1.99. The van der Waals surface area contributed by atoms with Gasteiger partial charge in [-0.05, 0) is 13.0 Å². The monoisotopic (exact) mass is 124 g/mol. The molecule has 0 radical (unpaired) electrons. The second-order valence-corrected chi connectivity index (χ2v) is 2.04. The van der Waals surface area contributed by atoms with Gasteiger partial charge in [0.25, 0.3) is 0 Å². The molecule has 0 aromatic rings. The zero-order valence-electron chi connectivity index (χ0n) is 5.31. The Bertz CT molecular complexity index is 189. The normalized spacial score (nSPS) is 14.1. The third kappa shape index (κ3) is 1.72. The van der Waals surface area contributed by atoms with Gasteiger partial charge in [0, 0.05) is 12.0 Å². The second kappa shape index (κ2) is 2.05. The van der Waals surface area contributed by atoms with Gasteiger partial charge in [-0.1, -0.05) is 6.58 Å². The molecule has 0 N–H and O–H groups in total. The molecule has 0 unspecified atom stereocenters. The molecular weight excluding hydrogens is 116 g/mol. The fraction of sp³-hybridized carbons (Fsp3) is 0.286. The summed E-state index contributed by atoms with van der Waals surface area (Å²) < 4.78 is 4.75. The van der Waals surface area contributed by atoms with Crippen molar-refractivity contribution in [3.63, 3.8) is 0 Å². The van der Waals surface area contributed by atoms with Crippen LogP contribution >= 0.6 is 0 Å². The lowest BCUT2D eigenvalue weighted by Gasteiger charge is -1.95. The SMILES string of the molecule is C=C(C)C(=O)OC1=CC1. The maximum Gasteiger partial charge on any atom is 0.338 e. The molecule has 1 aliphatic carbocycles. The Hall–Kier alpha value is -1.05. The average molecular weight is 124 g/mol. The summed E-state index contributed by atoms with van der Waals surface area (Å²) in [4.78, 5) is 10.6. The number of hydrogen-bond acceptors (Lipinski definition) is 2. The smallest absolute Gasteiger partial charge is 0.338 e. The number of rotatable bonds is 2. The van der Waals surface area contributed by atoms with Crippen molar-refractivity contribution in [2.75, 3.05) is 0 Å². The van der Waals surface area contributed by atoms with E-state index in [9.17, 15) is 4.79 Å². The molecule has 0 spiro atoms. The minimum absolute atomic E-state index is 0.321. The van der Waals surface area contributed by atoms with Gasteiger partial charge < -0.3 is 4.74 Å². The van der Waals surface area contributed by atoms with E-state index in [-0.39, 0.29) is 5.97 Å². The first-order chi connectivity index (χ1) is 4.20. The van der Waals surface area contributed by atoms with E-state index < -0.39 is 0 Å². The summed E-state index contributed by atoms with van der Waals surface area (Å²) in [5, 5.41) is 0. The fourth-order valence-electron chi connectivity index (χ4n) is 0.331. The number of esters is 1. The molecule has 48 valence electrons. The van der Waals surface area contributed by atoms with Crippen molar-refractivity contribution in [3.05, 3.63) is 24.0 Å². The molecule has 0 aromatic heterocycles. The Kier molecular flexibility index (Phi) is 1.39. The summed E-state index contributed by atoms with van der Waals surface area (Å²) in [6, 6.07) is 0.